The van der Waals surface area contributed by atoms with Gasteiger partial charge in [0.2, 0.25) is 5.88 Å². The Morgan fingerprint density at radius 3 is 1.68 bits per heavy atom. The van der Waals surface area contributed by atoms with Crippen LogP contribution in [-0.2, 0) is 0 Å². The zero-order chi connectivity index (χ0) is 45.8. The molecule has 2 aliphatic rings. The van der Waals surface area contributed by atoms with Crippen LogP contribution in [0.1, 0.15) is 48.2 Å². The van der Waals surface area contributed by atoms with Gasteiger partial charge in [0.1, 0.15) is 29.3 Å². The van der Waals surface area contributed by atoms with E-state index in [1.807, 2.05) is 58.0 Å². The van der Waals surface area contributed by atoms with Gasteiger partial charge >= 0.3 is 0 Å². The van der Waals surface area contributed by atoms with Gasteiger partial charge < -0.3 is 39.1 Å². The van der Waals surface area contributed by atoms with E-state index in [1.54, 1.807) is 24.3 Å². The Morgan fingerprint density at radius 2 is 1.11 bits per heavy atom. The maximum Gasteiger partial charge on any atom is 0.230 e. The molecule has 0 aliphatic carbocycles. The normalized spacial score (nSPS) is 15.2. The number of halogens is 3. The fourth-order valence-electron chi connectivity index (χ4n) is 8.36. The number of aryl methyl sites for hydroxylation is 4. The number of nitrogens with one attached hydrogen (secondary N) is 2. The Bertz CT molecular complexity index is 2940. The number of hydrogen-bond acceptors (Lipinski definition) is 10. The highest BCUT2D eigenvalue weighted by Crippen LogP contribution is 2.35. The summed E-state index contributed by atoms with van der Waals surface area (Å²) < 4.78 is 46.3. The molecular weight excluding hydrogens is 850 g/mol. The Labute approximate surface area is 381 Å². The second kappa shape index (κ2) is 20.0. The van der Waals surface area contributed by atoms with E-state index in [4.69, 9.17) is 30.9 Å². The number of phenolic OH excluding ortho intramolecular Hbond substituents is 1. The quantitative estimate of drug-likeness (QED) is 0.126. The molecule has 2 saturated heterocycles. The molecule has 0 saturated carbocycles. The van der Waals surface area contributed by atoms with Crippen LogP contribution in [0.2, 0.25) is 5.15 Å². The van der Waals surface area contributed by atoms with E-state index < -0.39 is 11.6 Å². The summed E-state index contributed by atoms with van der Waals surface area (Å²) >= 11 is 6.10. The number of likely N-dealkylation sites (tertiary alicyclic amines) is 2. The second-order valence-corrected chi connectivity index (χ2v) is 17.8. The van der Waals surface area contributed by atoms with E-state index in [2.05, 4.69) is 53.8 Å². The number of aromatic hydroxyl groups is 1. The van der Waals surface area contributed by atoms with Gasteiger partial charge in [-0.15, -0.1) is 0 Å². The van der Waals surface area contributed by atoms with Gasteiger partial charge in [0.15, 0.2) is 23.1 Å². The molecule has 12 nitrogen and oxygen atoms in total. The van der Waals surface area contributed by atoms with E-state index in [-0.39, 0.29) is 11.5 Å². The first-order chi connectivity index (χ1) is 31.3. The molecule has 0 amide bonds. The lowest BCUT2D eigenvalue weighted by Gasteiger charge is -2.28. The molecule has 8 aromatic rings. The minimum absolute atomic E-state index is 0.136. The molecule has 6 heterocycles. The highest BCUT2D eigenvalue weighted by molar-refractivity contribution is 6.34. The topological polar surface area (TPSA) is 138 Å². The standard InChI is InChI=1S/C25H27FN4O2.C16H20ClN3O.C9H8FNO/c1-15-10-19-21(12-23(15)31-13-17-6-8-30(3)9-7-17)27-14-28-25(19)32-22-5-4-20-18(24(22)26)11-16(2)29-20;1-11-7-13-14(18-10-19-16(13)17)8-15(11)21-9-12-3-5-20(2)6-4-12;1-5-4-6-7(11-5)2-3-8(12)9(6)10/h4-5,10-12,14,17,29H,6-9,13H2,1-3H3;7-8,10,12H,3-6,9H2,1-2H3;2-4,11-12H,1H3. The maximum atomic E-state index is 15.0. The number of aromatic amines is 2. The number of phenols is 1. The fraction of sp³-hybridized carbons (Fsp3) is 0.360. The average Bonchev–Trinajstić information content (AvgIpc) is 3.88. The monoisotopic (exact) mass is 904 g/mol. The lowest BCUT2D eigenvalue weighted by molar-refractivity contribution is 0.159. The number of benzene rings is 4. The van der Waals surface area contributed by atoms with E-state index in [9.17, 15) is 4.39 Å². The SMILES string of the molecule is Cc1cc2c(Cl)ncnc2cc1OCC1CCN(C)CC1.Cc1cc2c(F)c(O)ccc2[nH]1.Cc1cc2c(F)c(Oc3ncnc4cc(OCC5CCN(C)CC5)c(C)cc34)ccc2[nH]1. The minimum atomic E-state index is -0.558. The number of rotatable bonds is 8. The molecule has 10 rings (SSSR count). The molecule has 65 heavy (non-hydrogen) atoms. The Morgan fingerprint density at radius 1 is 0.615 bits per heavy atom. The van der Waals surface area contributed by atoms with Crippen molar-refractivity contribution in [2.45, 2.75) is 53.4 Å². The molecular formula is C50H55ClF2N8O4. The van der Waals surface area contributed by atoms with Gasteiger partial charge in [-0.3, -0.25) is 0 Å². The maximum absolute atomic E-state index is 15.0. The van der Waals surface area contributed by atoms with Crippen molar-refractivity contribution in [3.05, 3.63) is 113 Å². The van der Waals surface area contributed by atoms with E-state index in [1.165, 1.54) is 31.6 Å². The van der Waals surface area contributed by atoms with Crippen LogP contribution < -0.4 is 14.2 Å². The smallest absolute Gasteiger partial charge is 0.230 e. The van der Waals surface area contributed by atoms with Crippen molar-refractivity contribution in [2.24, 2.45) is 11.8 Å². The van der Waals surface area contributed by atoms with Crippen LogP contribution >= 0.6 is 11.6 Å². The first-order valence-electron chi connectivity index (χ1n) is 22.0. The fourth-order valence-corrected chi connectivity index (χ4v) is 8.56. The van der Waals surface area contributed by atoms with Gasteiger partial charge in [0.05, 0.1) is 29.6 Å². The molecule has 0 atom stereocenters. The summed E-state index contributed by atoms with van der Waals surface area (Å²) in [6.07, 6.45) is 7.64. The molecule has 0 unspecified atom stereocenters. The lowest BCUT2D eigenvalue weighted by atomic mass is 9.98. The first-order valence-corrected chi connectivity index (χ1v) is 22.4. The second-order valence-electron chi connectivity index (χ2n) is 17.4. The number of aromatic nitrogens is 6. The third-order valence-corrected chi connectivity index (χ3v) is 12.6. The Balaban J connectivity index is 0.000000149. The summed E-state index contributed by atoms with van der Waals surface area (Å²) in [5.41, 5.74) is 6.82. The lowest BCUT2D eigenvalue weighted by Crippen LogP contribution is -2.32. The van der Waals surface area contributed by atoms with Crippen LogP contribution in [-0.4, -0.2) is 98.3 Å². The average molecular weight is 905 g/mol. The molecule has 2 aliphatic heterocycles. The first kappa shape index (κ1) is 45.5. The van der Waals surface area contributed by atoms with Gasteiger partial charge in [-0.1, -0.05) is 11.6 Å². The number of H-pyrrole nitrogens is 2. The molecule has 0 spiro atoms. The van der Waals surface area contributed by atoms with Crippen molar-refractivity contribution in [2.75, 3.05) is 53.5 Å². The van der Waals surface area contributed by atoms with Gasteiger partial charge in [-0.25, -0.2) is 28.7 Å². The van der Waals surface area contributed by atoms with Gasteiger partial charge in [0, 0.05) is 50.7 Å². The van der Waals surface area contributed by atoms with Gasteiger partial charge in [-0.2, -0.15) is 0 Å². The summed E-state index contributed by atoms with van der Waals surface area (Å²) in [4.78, 5) is 27.8. The van der Waals surface area contributed by atoms with Crippen LogP contribution in [0, 0.1) is 51.2 Å². The van der Waals surface area contributed by atoms with Gasteiger partial charge in [-0.05, 0) is 165 Å². The van der Waals surface area contributed by atoms with Crippen LogP contribution in [0.15, 0.2) is 73.3 Å². The van der Waals surface area contributed by atoms with Crippen molar-refractivity contribution in [3.63, 3.8) is 0 Å². The minimum Gasteiger partial charge on any atom is -0.505 e. The molecule has 2 fully saturated rings. The van der Waals surface area contributed by atoms with Crippen molar-refractivity contribution in [1.82, 2.24) is 39.7 Å². The summed E-state index contributed by atoms with van der Waals surface area (Å²) in [5, 5.41) is 12.1. The van der Waals surface area contributed by atoms with Crippen LogP contribution in [0.4, 0.5) is 8.78 Å². The highest BCUT2D eigenvalue weighted by Gasteiger charge is 2.20. The van der Waals surface area contributed by atoms with Crippen LogP contribution in [0.3, 0.4) is 0 Å². The summed E-state index contributed by atoms with van der Waals surface area (Å²) in [6.45, 7) is 13.8. The zero-order valence-corrected chi connectivity index (χ0v) is 38.4. The van der Waals surface area contributed by atoms with E-state index in [0.717, 1.165) is 101 Å². The molecule has 15 heteroatoms. The Hall–Kier alpha value is -6.09. The number of ether oxygens (including phenoxy) is 3. The number of piperidine rings is 2. The number of hydrogen-bond donors (Lipinski definition) is 3. The van der Waals surface area contributed by atoms with Crippen molar-refractivity contribution < 1.29 is 28.1 Å². The zero-order valence-electron chi connectivity index (χ0n) is 37.6. The predicted molar refractivity (Wildman–Crippen MR) is 253 cm³/mol. The number of fused-ring (bicyclic) bond motifs is 4. The third kappa shape index (κ3) is 10.7. The van der Waals surface area contributed by atoms with Crippen molar-refractivity contribution in [3.8, 4) is 28.9 Å². The number of nitrogens with zero attached hydrogens (tertiary/aromatic N) is 6. The molecule has 4 aromatic heterocycles. The van der Waals surface area contributed by atoms with Gasteiger partial charge in [0.25, 0.3) is 0 Å². The predicted octanol–water partition coefficient (Wildman–Crippen LogP) is 11.0. The summed E-state index contributed by atoms with van der Waals surface area (Å²) in [5.74, 6) is 2.12. The third-order valence-electron chi connectivity index (χ3n) is 12.3. The summed E-state index contributed by atoms with van der Waals surface area (Å²) in [7, 11) is 4.33. The largest absolute Gasteiger partial charge is 0.505 e. The van der Waals surface area contributed by atoms with Crippen molar-refractivity contribution >= 4 is 55.2 Å². The molecule has 0 radical (unpaired) electrons. The highest BCUT2D eigenvalue weighted by atomic mass is 35.5. The van der Waals surface area contributed by atoms with E-state index in [0.29, 0.717) is 51.3 Å². The molecule has 340 valence electrons. The van der Waals surface area contributed by atoms with E-state index >= 15 is 4.39 Å². The Kier molecular flexibility index (Phi) is 14.0. The summed E-state index contributed by atoms with van der Waals surface area (Å²) in [6, 6.07) is 17.7. The molecule has 0 bridgehead atoms. The van der Waals surface area contributed by atoms with Crippen LogP contribution in [0.25, 0.3) is 43.6 Å². The molecule has 4 aromatic carbocycles. The van der Waals surface area contributed by atoms with Crippen LogP contribution in [0.5, 0.6) is 28.9 Å². The molecule has 3 N–H and O–H groups in total. The van der Waals surface area contributed by atoms with Crippen molar-refractivity contribution in [1.29, 1.82) is 0 Å².